The summed E-state index contributed by atoms with van der Waals surface area (Å²) < 4.78 is 21.5. The Balaban J connectivity index is 1.77. The third-order valence-corrected chi connectivity index (χ3v) is 4.36. The number of carbonyl (C=O) groups excluding carboxylic acids is 2. The molecule has 0 bridgehead atoms. The van der Waals surface area contributed by atoms with Gasteiger partial charge < -0.3 is 18.9 Å². The third-order valence-electron chi connectivity index (χ3n) is 4.36. The monoisotopic (exact) mass is 470 g/mol. The van der Waals surface area contributed by atoms with Gasteiger partial charge >= 0.3 is 0 Å². The van der Waals surface area contributed by atoms with Crippen molar-refractivity contribution in [2.75, 3.05) is 27.4 Å². The van der Waals surface area contributed by atoms with E-state index in [4.69, 9.17) is 18.9 Å². The molecular weight excluding hydrogens is 440 g/mol. The molecule has 0 radical (unpaired) electrons. The first-order valence-electron chi connectivity index (χ1n) is 10.8. The summed E-state index contributed by atoms with van der Waals surface area (Å²) in [7, 11) is 3.09. The molecule has 0 aliphatic carbocycles. The Bertz CT molecular complexity index is 941. The molecule has 2 amide bonds. The number of benzene rings is 2. The molecule has 0 fully saturated rings. The second-order valence-corrected chi connectivity index (χ2v) is 6.77. The number of hydrogen-bond acceptors (Lipinski definition) is 8. The maximum atomic E-state index is 11.9. The fourth-order valence-corrected chi connectivity index (χ4v) is 2.77. The van der Waals surface area contributed by atoms with Crippen molar-refractivity contribution in [2.24, 2.45) is 10.2 Å². The molecule has 0 aromatic heterocycles. The van der Waals surface area contributed by atoms with Gasteiger partial charge in [-0.25, -0.2) is 10.9 Å². The zero-order valence-corrected chi connectivity index (χ0v) is 19.8. The van der Waals surface area contributed by atoms with E-state index in [1.807, 2.05) is 13.8 Å². The van der Waals surface area contributed by atoms with Crippen molar-refractivity contribution in [2.45, 2.75) is 26.7 Å². The molecule has 10 nitrogen and oxygen atoms in total. The van der Waals surface area contributed by atoms with E-state index in [-0.39, 0.29) is 12.8 Å². The van der Waals surface area contributed by atoms with E-state index in [1.165, 1.54) is 12.4 Å². The number of ether oxygens (including phenoxy) is 4. The van der Waals surface area contributed by atoms with Crippen LogP contribution in [0.5, 0.6) is 23.0 Å². The highest BCUT2D eigenvalue weighted by atomic mass is 16.5. The number of carbonyl (C=O) groups is 2. The standard InChI is InChI=1S/C24H30N4O6/c1-5-33-19-9-7-17(13-21(19)31-3)15-25-27-23(29)11-12-24(30)28-26-16-18-8-10-20(34-6-2)22(14-18)32-4/h7-10,13-16H,5-6,11-12H2,1-4H3,(H,27,29)(H,28,30)/b25-15-,26-16-. The number of hydrazone groups is 2. The Morgan fingerprint density at radius 3 is 1.50 bits per heavy atom. The Kier molecular flexibility index (Phi) is 10.9. The SMILES string of the molecule is CCOc1ccc(/C=N\NC(=O)CCC(=O)N/N=C\c2ccc(OCC)c(OC)c2)cc1OC. The van der Waals surface area contributed by atoms with Gasteiger partial charge in [0, 0.05) is 12.8 Å². The van der Waals surface area contributed by atoms with Crippen LogP contribution in [-0.2, 0) is 9.59 Å². The van der Waals surface area contributed by atoms with Crippen molar-refractivity contribution in [3.8, 4) is 23.0 Å². The number of nitrogens with one attached hydrogen (secondary N) is 2. The smallest absolute Gasteiger partial charge is 0.240 e. The first kappa shape index (κ1) is 26.2. The van der Waals surface area contributed by atoms with Gasteiger partial charge in [0.15, 0.2) is 23.0 Å². The van der Waals surface area contributed by atoms with Crippen molar-refractivity contribution in [3.05, 3.63) is 47.5 Å². The fourth-order valence-electron chi connectivity index (χ4n) is 2.77. The summed E-state index contributed by atoms with van der Waals surface area (Å²) in [5.41, 5.74) is 6.22. The Labute approximate surface area is 198 Å². The molecular formula is C24H30N4O6. The van der Waals surface area contributed by atoms with Crippen LogP contribution >= 0.6 is 0 Å². The minimum Gasteiger partial charge on any atom is -0.493 e. The van der Waals surface area contributed by atoms with Gasteiger partial charge in [-0.1, -0.05) is 0 Å². The van der Waals surface area contributed by atoms with Crippen LogP contribution in [0.3, 0.4) is 0 Å². The van der Waals surface area contributed by atoms with Crippen LogP contribution < -0.4 is 29.8 Å². The van der Waals surface area contributed by atoms with Crippen molar-refractivity contribution in [3.63, 3.8) is 0 Å². The topological polar surface area (TPSA) is 120 Å². The van der Waals surface area contributed by atoms with Crippen LogP contribution in [0.2, 0.25) is 0 Å². The second kappa shape index (κ2) is 14.1. The van der Waals surface area contributed by atoms with Gasteiger partial charge in [0.25, 0.3) is 0 Å². The van der Waals surface area contributed by atoms with Crippen LogP contribution in [0.15, 0.2) is 46.6 Å². The molecule has 2 aromatic carbocycles. The number of nitrogens with zero attached hydrogens (tertiary/aromatic N) is 2. The lowest BCUT2D eigenvalue weighted by Gasteiger charge is -2.09. The molecule has 2 rings (SSSR count). The third kappa shape index (κ3) is 8.45. The summed E-state index contributed by atoms with van der Waals surface area (Å²) in [5.74, 6) is 1.59. The molecule has 182 valence electrons. The number of methoxy groups -OCH3 is 2. The molecule has 0 saturated carbocycles. The van der Waals surface area contributed by atoms with Crippen LogP contribution in [0.25, 0.3) is 0 Å². The lowest BCUT2D eigenvalue weighted by Crippen LogP contribution is -2.22. The predicted octanol–water partition coefficient (Wildman–Crippen LogP) is 2.88. The summed E-state index contributed by atoms with van der Waals surface area (Å²) in [6.45, 7) is 4.82. The zero-order chi connectivity index (χ0) is 24.8. The Morgan fingerprint density at radius 2 is 1.15 bits per heavy atom. The van der Waals surface area contributed by atoms with Crippen LogP contribution in [0, 0.1) is 0 Å². The maximum Gasteiger partial charge on any atom is 0.240 e. The molecule has 0 spiro atoms. The average Bonchev–Trinajstić information content (AvgIpc) is 2.84. The van der Waals surface area contributed by atoms with E-state index >= 15 is 0 Å². The number of amides is 2. The predicted molar refractivity (Wildman–Crippen MR) is 129 cm³/mol. The van der Waals surface area contributed by atoms with Crippen molar-refractivity contribution < 1.29 is 28.5 Å². The normalized spacial score (nSPS) is 10.8. The largest absolute Gasteiger partial charge is 0.493 e. The highest BCUT2D eigenvalue weighted by Crippen LogP contribution is 2.28. The number of rotatable bonds is 13. The molecule has 34 heavy (non-hydrogen) atoms. The van der Waals surface area contributed by atoms with Gasteiger partial charge in [0.1, 0.15) is 0 Å². The van der Waals surface area contributed by atoms with E-state index in [9.17, 15) is 9.59 Å². The number of hydrogen-bond donors (Lipinski definition) is 2. The van der Waals surface area contributed by atoms with Crippen LogP contribution in [0.4, 0.5) is 0 Å². The molecule has 0 aliphatic rings. The minimum atomic E-state index is -0.399. The van der Waals surface area contributed by atoms with Crippen LogP contribution in [-0.4, -0.2) is 51.7 Å². The summed E-state index contributed by atoms with van der Waals surface area (Å²) in [4.78, 5) is 23.9. The van der Waals surface area contributed by atoms with Gasteiger partial charge in [0.05, 0.1) is 39.9 Å². The summed E-state index contributed by atoms with van der Waals surface area (Å²) in [6.07, 6.45) is 2.88. The van der Waals surface area contributed by atoms with E-state index in [1.54, 1.807) is 50.6 Å². The van der Waals surface area contributed by atoms with Crippen molar-refractivity contribution in [1.29, 1.82) is 0 Å². The van der Waals surface area contributed by atoms with Crippen molar-refractivity contribution in [1.82, 2.24) is 10.9 Å². The van der Waals surface area contributed by atoms with E-state index in [0.717, 1.165) is 11.1 Å². The van der Waals surface area contributed by atoms with Gasteiger partial charge in [-0.05, 0) is 61.4 Å². The van der Waals surface area contributed by atoms with Gasteiger partial charge in [0.2, 0.25) is 11.8 Å². The zero-order valence-electron chi connectivity index (χ0n) is 19.8. The molecule has 0 unspecified atom stereocenters. The summed E-state index contributed by atoms with van der Waals surface area (Å²) in [5, 5.41) is 7.81. The average molecular weight is 471 g/mol. The molecule has 0 heterocycles. The van der Waals surface area contributed by atoms with Gasteiger partial charge in [-0.15, -0.1) is 0 Å². The molecule has 10 heteroatoms. The van der Waals surface area contributed by atoms with E-state index < -0.39 is 11.8 Å². The fraction of sp³-hybridized carbons (Fsp3) is 0.333. The summed E-state index contributed by atoms with van der Waals surface area (Å²) in [6, 6.07) is 10.6. The minimum absolute atomic E-state index is 0.0395. The van der Waals surface area contributed by atoms with E-state index in [0.29, 0.717) is 36.2 Å². The van der Waals surface area contributed by atoms with Crippen LogP contribution in [0.1, 0.15) is 37.8 Å². The molecule has 0 aliphatic heterocycles. The molecule has 2 N–H and O–H groups in total. The molecule has 2 aromatic rings. The van der Waals surface area contributed by atoms with E-state index in [2.05, 4.69) is 21.1 Å². The lowest BCUT2D eigenvalue weighted by molar-refractivity contribution is -0.126. The molecule has 0 atom stereocenters. The highest BCUT2D eigenvalue weighted by molar-refractivity contribution is 5.87. The van der Waals surface area contributed by atoms with Gasteiger partial charge in [-0.3, -0.25) is 9.59 Å². The first-order valence-corrected chi connectivity index (χ1v) is 10.8. The summed E-state index contributed by atoms with van der Waals surface area (Å²) >= 11 is 0. The Hall–Kier alpha value is -4.08. The first-order chi connectivity index (χ1) is 16.5. The quantitative estimate of drug-likeness (QED) is 0.343. The maximum absolute atomic E-state index is 11.9. The van der Waals surface area contributed by atoms with Gasteiger partial charge in [-0.2, -0.15) is 10.2 Å². The van der Waals surface area contributed by atoms with Crippen molar-refractivity contribution >= 4 is 24.2 Å². The molecule has 0 saturated heterocycles. The highest BCUT2D eigenvalue weighted by Gasteiger charge is 2.07. The Morgan fingerprint density at radius 1 is 0.735 bits per heavy atom. The lowest BCUT2D eigenvalue weighted by atomic mass is 10.2. The second-order valence-electron chi connectivity index (χ2n) is 6.77.